The van der Waals surface area contributed by atoms with Crippen LogP contribution in [0.2, 0.25) is 4.34 Å². The molecule has 1 heterocycles. The Morgan fingerprint density at radius 2 is 2.15 bits per heavy atom. The molecule has 0 bridgehead atoms. The van der Waals surface area contributed by atoms with Crippen molar-refractivity contribution in [1.82, 2.24) is 10.2 Å². The van der Waals surface area contributed by atoms with E-state index in [9.17, 15) is 0 Å². The number of rotatable bonds is 7. The zero-order valence-corrected chi connectivity index (χ0v) is 15.3. The summed E-state index contributed by atoms with van der Waals surface area (Å²) in [5.41, 5.74) is 0. The molecule has 0 amide bonds. The van der Waals surface area contributed by atoms with E-state index < -0.39 is 0 Å². The van der Waals surface area contributed by atoms with Crippen LogP contribution in [0.1, 0.15) is 43.4 Å². The van der Waals surface area contributed by atoms with Gasteiger partial charge in [0.15, 0.2) is 0 Å². The monoisotopic (exact) mass is 378 g/mol. The molecule has 1 saturated carbocycles. The fourth-order valence-corrected chi connectivity index (χ4v) is 4.61. The molecule has 0 atom stereocenters. The van der Waals surface area contributed by atoms with Crippen LogP contribution in [0.5, 0.6) is 0 Å². The molecular weight excluding hydrogens is 356 g/mol. The third kappa shape index (κ3) is 5.30. The molecule has 0 unspecified atom stereocenters. The van der Waals surface area contributed by atoms with Crippen LogP contribution in [0.25, 0.3) is 0 Å². The second-order valence-electron chi connectivity index (χ2n) is 5.64. The van der Waals surface area contributed by atoms with Crippen molar-refractivity contribution in [1.29, 1.82) is 0 Å². The summed E-state index contributed by atoms with van der Waals surface area (Å²) in [6.07, 6.45) is 8.28. The standard InChI is InChI=1S/C15H24BrClN2S/c1-19(12-6-3-2-4-7-12)9-5-8-18-11-13-10-14(16)15(17)20-13/h10,12,18H,2-9,11H2,1H3. The lowest BCUT2D eigenvalue weighted by Gasteiger charge is -2.31. The van der Waals surface area contributed by atoms with Gasteiger partial charge in [-0.1, -0.05) is 30.9 Å². The zero-order valence-electron chi connectivity index (χ0n) is 12.1. The van der Waals surface area contributed by atoms with Gasteiger partial charge in [-0.15, -0.1) is 11.3 Å². The summed E-state index contributed by atoms with van der Waals surface area (Å²) < 4.78 is 1.86. The van der Waals surface area contributed by atoms with E-state index in [1.807, 2.05) is 0 Å². The highest BCUT2D eigenvalue weighted by Gasteiger charge is 2.17. The van der Waals surface area contributed by atoms with E-state index in [1.54, 1.807) is 11.3 Å². The Morgan fingerprint density at radius 1 is 1.40 bits per heavy atom. The van der Waals surface area contributed by atoms with E-state index in [1.165, 1.54) is 49.9 Å². The van der Waals surface area contributed by atoms with E-state index in [4.69, 9.17) is 11.6 Å². The third-order valence-corrected chi connectivity index (χ3v) is 6.53. The Balaban J connectivity index is 1.56. The smallest absolute Gasteiger partial charge is 0.107 e. The van der Waals surface area contributed by atoms with Crippen LogP contribution in [0.15, 0.2) is 10.5 Å². The van der Waals surface area contributed by atoms with Crippen LogP contribution in [0, 0.1) is 0 Å². The van der Waals surface area contributed by atoms with Crippen LogP contribution < -0.4 is 5.32 Å². The molecule has 0 spiro atoms. The molecule has 0 radical (unpaired) electrons. The van der Waals surface area contributed by atoms with Gasteiger partial charge in [0.2, 0.25) is 0 Å². The fraction of sp³-hybridized carbons (Fsp3) is 0.733. The lowest BCUT2D eigenvalue weighted by molar-refractivity contribution is 0.189. The highest BCUT2D eigenvalue weighted by atomic mass is 79.9. The Labute approximate surface area is 140 Å². The number of nitrogens with zero attached hydrogens (tertiary/aromatic N) is 1. The highest BCUT2D eigenvalue weighted by Crippen LogP contribution is 2.31. The first kappa shape index (κ1) is 16.8. The predicted octanol–water partition coefficient (Wildman–Crippen LogP) is 4.91. The SMILES string of the molecule is CN(CCCNCc1cc(Br)c(Cl)s1)C1CCCCC1. The molecule has 1 aromatic rings. The highest BCUT2D eigenvalue weighted by molar-refractivity contribution is 9.10. The summed E-state index contributed by atoms with van der Waals surface area (Å²) in [6, 6.07) is 2.93. The molecule has 1 N–H and O–H groups in total. The Kier molecular flexibility index (Phi) is 7.32. The molecule has 114 valence electrons. The van der Waals surface area contributed by atoms with Gasteiger partial charge in [0, 0.05) is 21.9 Å². The van der Waals surface area contributed by atoms with Crippen molar-refractivity contribution in [3.8, 4) is 0 Å². The van der Waals surface area contributed by atoms with E-state index in [-0.39, 0.29) is 0 Å². The molecule has 1 aliphatic carbocycles. The number of thiophene rings is 1. The zero-order chi connectivity index (χ0) is 14.4. The van der Waals surface area contributed by atoms with E-state index >= 15 is 0 Å². The lowest BCUT2D eigenvalue weighted by atomic mass is 9.94. The van der Waals surface area contributed by atoms with Gasteiger partial charge in [0.25, 0.3) is 0 Å². The van der Waals surface area contributed by atoms with Crippen LogP contribution in [0.4, 0.5) is 0 Å². The Morgan fingerprint density at radius 3 is 2.80 bits per heavy atom. The first-order chi connectivity index (χ1) is 9.66. The minimum Gasteiger partial charge on any atom is -0.312 e. The molecular formula is C15H24BrClN2S. The lowest BCUT2D eigenvalue weighted by Crippen LogP contribution is -2.35. The number of halogens is 2. The predicted molar refractivity (Wildman–Crippen MR) is 92.9 cm³/mol. The fourth-order valence-electron chi connectivity index (χ4n) is 2.85. The second-order valence-corrected chi connectivity index (χ2v) is 8.23. The average molecular weight is 380 g/mol. The van der Waals surface area contributed by atoms with Gasteiger partial charge in [0.05, 0.1) is 0 Å². The van der Waals surface area contributed by atoms with Gasteiger partial charge >= 0.3 is 0 Å². The van der Waals surface area contributed by atoms with Crippen molar-refractivity contribution in [2.45, 2.75) is 51.1 Å². The number of hydrogen-bond acceptors (Lipinski definition) is 3. The van der Waals surface area contributed by atoms with Crippen molar-refractivity contribution < 1.29 is 0 Å². The summed E-state index contributed by atoms with van der Waals surface area (Å²) in [6.45, 7) is 3.19. The van der Waals surface area contributed by atoms with Crippen LogP contribution >= 0.6 is 38.9 Å². The topological polar surface area (TPSA) is 15.3 Å². The molecule has 0 saturated heterocycles. The third-order valence-electron chi connectivity index (χ3n) is 4.06. The molecule has 1 fully saturated rings. The Hall–Kier alpha value is 0.390. The number of nitrogens with one attached hydrogen (secondary N) is 1. The quantitative estimate of drug-likeness (QED) is 0.677. The molecule has 0 aromatic carbocycles. The van der Waals surface area contributed by atoms with Crippen molar-refractivity contribution in [3.05, 3.63) is 19.8 Å². The van der Waals surface area contributed by atoms with Gasteiger partial charge < -0.3 is 10.2 Å². The first-order valence-corrected chi connectivity index (χ1v) is 9.50. The molecule has 1 aromatic heterocycles. The first-order valence-electron chi connectivity index (χ1n) is 7.51. The summed E-state index contributed by atoms with van der Waals surface area (Å²) in [5.74, 6) is 0. The maximum Gasteiger partial charge on any atom is 0.107 e. The van der Waals surface area contributed by atoms with Crippen LogP contribution in [-0.2, 0) is 6.54 Å². The van der Waals surface area contributed by atoms with E-state index in [0.717, 1.165) is 27.9 Å². The summed E-state index contributed by atoms with van der Waals surface area (Å²) in [4.78, 5) is 3.85. The summed E-state index contributed by atoms with van der Waals surface area (Å²) in [7, 11) is 2.28. The average Bonchev–Trinajstić information content (AvgIpc) is 2.78. The van der Waals surface area contributed by atoms with Crippen molar-refractivity contribution in [3.63, 3.8) is 0 Å². The molecule has 20 heavy (non-hydrogen) atoms. The van der Waals surface area contributed by atoms with Crippen molar-refractivity contribution in [2.24, 2.45) is 0 Å². The Bertz CT molecular complexity index is 385. The van der Waals surface area contributed by atoms with Gasteiger partial charge in [0.1, 0.15) is 4.34 Å². The summed E-state index contributed by atoms with van der Waals surface area (Å²) in [5, 5.41) is 3.50. The number of hydrogen-bond donors (Lipinski definition) is 1. The minimum atomic E-state index is 0.829. The van der Waals surface area contributed by atoms with Crippen LogP contribution in [-0.4, -0.2) is 31.1 Å². The maximum atomic E-state index is 6.03. The van der Waals surface area contributed by atoms with Gasteiger partial charge in [-0.2, -0.15) is 0 Å². The van der Waals surface area contributed by atoms with Crippen molar-refractivity contribution >= 4 is 38.9 Å². The largest absolute Gasteiger partial charge is 0.312 e. The van der Waals surface area contributed by atoms with E-state index in [2.05, 4.69) is 39.3 Å². The molecule has 0 aliphatic heterocycles. The maximum absolute atomic E-state index is 6.03. The van der Waals surface area contributed by atoms with Gasteiger partial charge in [-0.25, -0.2) is 0 Å². The van der Waals surface area contributed by atoms with Crippen molar-refractivity contribution in [2.75, 3.05) is 20.1 Å². The van der Waals surface area contributed by atoms with Gasteiger partial charge in [-0.05, 0) is 61.4 Å². The normalized spacial score (nSPS) is 17.0. The molecule has 5 heteroatoms. The van der Waals surface area contributed by atoms with Crippen LogP contribution in [0.3, 0.4) is 0 Å². The molecule has 2 rings (SSSR count). The second kappa shape index (κ2) is 8.74. The van der Waals surface area contributed by atoms with Gasteiger partial charge in [-0.3, -0.25) is 0 Å². The molecule has 2 nitrogen and oxygen atoms in total. The molecule has 1 aliphatic rings. The minimum absolute atomic E-state index is 0.829. The summed E-state index contributed by atoms with van der Waals surface area (Å²) >= 11 is 11.1. The van der Waals surface area contributed by atoms with E-state index in [0.29, 0.717) is 0 Å².